The van der Waals surface area contributed by atoms with Crippen molar-refractivity contribution in [2.24, 2.45) is 5.73 Å². The van der Waals surface area contributed by atoms with Crippen LogP contribution in [-0.4, -0.2) is 50.1 Å². The number of hydrogen-bond acceptors (Lipinski definition) is 7. The van der Waals surface area contributed by atoms with Crippen molar-refractivity contribution in [2.45, 2.75) is 50.3 Å². The van der Waals surface area contributed by atoms with Crippen molar-refractivity contribution in [1.82, 2.24) is 0 Å². The van der Waals surface area contributed by atoms with E-state index in [1.165, 1.54) is 7.11 Å². The number of hydrogen-bond donors (Lipinski definition) is 1. The molecule has 1 heterocycles. The molecule has 1 fully saturated rings. The summed E-state index contributed by atoms with van der Waals surface area (Å²) in [5.74, 6) is -0.551. The van der Waals surface area contributed by atoms with Crippen molar-refractivity contribution < 1.29 is 28.5 Å². The number of carbonyl (C=O) groups excluding carboxylic acids is 1. The third-order valence-electron chi connectivity index (χ3n) is 6.14. The number of methoxy groups -OCH3 is 1. The van der Waals surface area contributed by atoms with E-state index in [0.29, 0.717) is 19.8 Å². The van der Waals surface area contributed by atoms with E-state index >= 15 is 0 Å². The lowest BCUT2D eigenvalue weighted by atomic mass is 9.92. The van der Waals surface area contributed by atoms with Gasteiger partial charge in [0.1, 0.15) is 18.3 Å². The molecule has 190 valence electrons. The molecule has 0 amide bonds. The van der Waals surface area contributed by atoms with Gasteiger partial charge in [0.05, 0.1) is 39.6 Å². The highest BCUT2D eigenvalue weighted by Crippen LogP contribution is 2.28. The smallest absolute Gasteiger partial charge is 0.336 e. The Labute approximate surface area is 212 Å². The summed E-state index contributed by atoms with van der Waals surface area (Å²) in [6.07, 6.45) is -2.79. The van der Waals surface area contributed by atoms with Crippen LogP contribution in [0.4, 0.5) is 0 Å². The molecule has 7 heteroatoms. The van der Waals surface area contributed by atoms with Crippen LogP contribution in [-0.2, 0) is 48.3 Å². The summed E-state index contributed by atoms with van der Waals surface area (Å²) in [4.78, 5) is 12.6. The minimum atomic E-state index is -1.00. The highest BCUT2D eigenvalue weighted by atomic mass is 16.6. The van der Waals surface area contributed by atoms with Gasteiger partial charge < -0.3 is 29.4 Å². The lowest BCUT2D eigenvalue weighted by Crippen LogP contribution is -2.65. The molecular formula is C29H33NO6. The highest BCUT2D eigenvalue weighted by Gasteiger charge is 2.49. The zero-order valence-corrected chi connectivity index (χ0v) is 20.4. The van der Waals surface area contributed by atoms with Crippen molar-refractivity contribution in [3.63, 3.8) is 0 Å². The molecule has 3 aromatic carbocycles. The van der Waals surface area contributed by atoms with Gasteiger partial charge in [0.2, 0.25) is 0 Å². The van der Waals surface area contributed by atoms with Gasteiger partial charge >= 0.3 is 5.97 Å². The van der Waals surface area contributed by atoms with Gasteiger partial charge in [-0.05, 0) is 16.7 Å². The second kappa shape index (κ2) is 13.3. The molecule has 2 N–H and O–H groups in total. The van der Waals surface area contributed by atoms with Crippen LogP contribution in [0.15, 0.2) is 91.0 Å². The van der Waals surface area contributed by atoms with Gasteiger partial charge in [-0.2, -0.15) is 0 Å². The third-order valence-corrected chi connectivity index (χ3v) is 6.14. The van der Waals surface area contributed by atoms with Crippen molar-refractivity contribution in [2.75, 3.05) is 13.7 Å². The van der Waals surface area contributed by atoms with Crippen LogP contribution in [0.5, 0.6) is 0 Å². The molecule has 0 spiro atoms. The van der Waals surface area contributed by atoms with Gasteiger partial charge in [0.25, 0.3) is 0 Å². The largest absolute Gasteiger partial charge is 0.467 e. The average molecular weight is 492 g/mol. The topological polar surface area (TPSA) is 89.2 Å². The number of nitrogens with two attached hydrogens (primary N) is 1. The first-order valence-corrected chi connectivity index (χ1v) is 12.1. The van der Waals surface area contributed by atoms with E-state index in [0.717, 1.165) is 16.7 Å². The van der Waals surface area contributed by atoms with E-state index in [1.807, 2.05) is 91.0 Å². The fourth-order valence-corrected chi connectivity index (χ4v) is 4.23. The first-order chi connectivity index (χ1) is 17.7. The number of carbonyl (C=O) groups is 1. The van der Waals surface area contributed by atoms with Crippen molar-refractivity contribution in [1.29, 1.82) is 0 Å². The second-order valence-electron chi connectivity index (χ2n) is 8.72. The van der Waals surface area contributed by atoms with Crippen LogP contribution in [0.3, 0.4) is 0 Å². The molecule has 5 atom stereocenters. The predicted octanol–water partition coefficient (Wildman–Crippen LogP) is 3.64. The molecule has 0 saturated carbocycles. The maximum absolute atomic E-state index is 12.6. The van der Waals surface area contributed by atoms with Crippen LogP contribution in [0.2, 0.25) is 0 Å². The lowest BCUT2D eigenvalue weighted by Gasteiger charge is -2.44. The number of ether oxygens (including phenoxy) is 5. The second-order valence-corrected chi connectivity index (χ2v) is 8.72. The molecule has 4 rings (SSSR count). The zero-order chi connectivity index (χ0) is 25.2. The van der Waals surface area contributed by atoms with E-state index in [4.69, 9.17) is 29.4 Å². The molecule has 1 saturated heterocycles. The number of rotatable bonds is 11. The minimum absolute atomic E-state index is 0.194. The van der Waals surface area contributed by atoms with Gasteiger partial charge in [0, 0.05) is 0 Å². The fraction of sp³-hybridized carbons (Fsp3) is 0.345. The van der Waals surface area contributed by atoms with E-state index in [-0.39, 0.29) is 6.61 Å². The molecule has 0 unspecified atom stereocenters. The molecule has 1 aliphatic rings. The predicted molar refractivity (Wildman–Crippen MR) is 135 cm³/mol. The maximum Gasteiger partial charge on any atom is 0.336 e. The quantitative estimate of drug-likeness (QED) is 0.410. The fourth-order valence-electron chi connectivity index (χ4n) is 4.23. The Morgan fingerprint density at radius 2 is 1.22 bits per heavy atom. The molecule has 7 nitrogen and oxygen atoms in total. The monoisotopic (exact) mass is 491 g/mol. The van der Waals surface area contributed by atoms with Crippen LogP contribution >= 0.6 is 0 Å². The van der Waals surface area contributed by atoms with Crippen LogP contribution in [0.25, 0.3) is 0 Å². The molecule has 0 bridgehead atoms. The Morgan fingerprint density at radius 3 is 1.72 bits per heavy atom. The third kappa shape index (κ3) is 7.00. The van der Waals surface area contributed by atoms with Gasteiger partial charge in [-0.25, -0.2) is 4.79 Å². The Morgan fingerprint density at radius 1 is 0.750 bits per heavy atom. The maximum atomic E-state index is 12.6. The van der Waals surface area contributed by atoms with E-state index < -0.39 is 36.4 Å². The van der Waals surface area contributed by atoms with Gasteiger partial charge in [-0.3, -0.25) is 0 Å². The van der Waals surface area contributed by atoms with Gasteiger partial charge in [0.15, 0.2) is 6.10 Å². The van der Waals surface area contributed by atoms with E-state index in [9.17, 15) is 4.79 Å². The van der Waals surface area contributed by atoms with Crippen LogP contribution in [0.1, 0.15) is 16.7 Å². The summed E-state index contributed by atoms with van der Waals surface area (Å²) in [5.41, 5.74) is 9.57. The molecule has 1 aliphatic heterocycles. The molecule has 0 aliphatic carbocycles. The standard InChI is InChI=1S/C29H33NO6/c1-32-29(31)28-25(30)27(35-19-23-15-9-4-10-16-23)26(34-18-22-13-7-3-8-14-22)24(36-28)20-33-17-21-11-5-2-6-12-21/h2-16,24-28H,17-20,30H2,1H3/t24-,25-,26-,27-,28-/m1/s1. The highest BCUT2D eigenvalue weighted by molar-refractivity contribution is 5.75. The molecular weight excluding hydrogens is 458 g/mol. The zero-order valence-electron chi connectivity index (χ0n) is 20.4. The van der Waals surface area contributed by atoms with Gasteiger partial charge in [-0.15, -0.1) is 0 Å². The lowest BCUT2D eigenvalue weighted by molar-refractivity contribution is -0.232. The Kier molecular flexibility index (Phi) is 9.61. The SMILES string of the molecule is COC(=O)[C@@H]1O[C@H](COCc2ccccc2)[C@@H](OCc2ccccc2)[C@H](OCc2ccccc2)[C@H]1N. The van der Waals surface area contributed by atoms with E-state index in [1.54, 1.807) is 0 Å². The Balaban J connectivity index is 1.53. The Hall–Kier alpha value is -3.07. The van der Waals surface area contributed by atoms with Gasteiger partial charge in [-0.1, -0.05) is 91.0 Å². The molecule has 0 radical (unpaired) electrons. The molecule has 36 heavy (non-hydrogen) atoms. The summed E-state index contributed by atoms with van der Waals surface area (Å²) in [7, 11) is 1.32. The summed E-state index contributed by atoms with van der Waals surface area (Å²) < 4.78 is 29.8. The first kappa shape index (κ1) is 26.0. The normalized spacial score (nSPS) is 23.8. The molecule has 3 aromatic rings. The first-order valence-electron chi connectivity index (χ1n) is 12.1. The minimum Gasteiger partial charge on any atom is -0.467 e. The van der Waals surface area contributed by atoms with Crippen LogP contribution in [0, 0.1) is 0 Å². The molecule has 0 aromatic heterocycles. The summed E-state index contributed by atoms with van der Waals surface area (Å²) in [6.45, 7) is 1.25. The summed E-state index contributed by atoms with van der Waals surface area (Å²) in [5, 5.41) is 0. The number of benzene rings is 3. The van der Waals surface area contributed by atoms with E-state index in [2.05, 4.69) is 0 Å². The average Bonchev–Trinajstić information content (AvgIpc) is 2.93. The Bertz CT molecular complexity index is 1050. The summed E-state index contributed by atoms with van der Waals surface area (Å²) >= 11 is 0. The van der Waals surface area contributed by atoms with Crippen molar-refractivity contribution >= 4 is 5.97 Å². The van der Waals surface area contributed by atoms with Crippen molar-refractivity contribution in [3.8, 4) is 0 Å². The summed E-state index contributed by atoms with van der Waals surface area (Å²) in [6, 6.07) is 28.7. The van der Waals surface area contributed by atoms with Crippen molar-refractivity contribution in [3.05, 3.63) is 108 Å². The number of esters is 1. The van der Waals surface area contributed by atoms with Crippen LogP contribution < -0.4 is 5.73 Å².